The van der Waals surface area contributed by atoms with Crippen LogP contribution in [0, 0.1) is 17.1 Å². The highest BCUT2D eigenvalue weighted by molar-refractivity contribution is 5.84. The van der Waals surface area contributed by atoms with Gasteiger partial charge in [0.25, 0.3) is 0 Å². The maximum Gasteiger partial charge on any atom is 0.243 e. The predicted octanol–water partition coefficient (Wildman–Crippen LogP) is 2.56. The highest BCUT2D eigenvalue weighted by Crippen LogP contribution is 2.26. The molecule has 0 heterocycles. The summed E-state index contributed by atoms with van der Waals surface area (Å²) in [7, 11) is 0. The van der Waals surface area contributed by atoms with E-state index in [0.29, 0.717) is 0 Å². The van der Waals surface area contributed by atoms with Gasteiger partial charge >= 0.3 is 0 Å². The van der Waals surface area contributed by atoms with Crippen molar-refractivity contribution in [1.82, 2.24) is 5.32 Å². The van der Waals surface area contributed by atoms with Crippen molar-refractivity contribution in [3.05, 3.63) is 29.6 Å². The van der Waals surface area contributed by atoms with E-state index in [1.54, 1.807) is 13.0 Å². The highest BCUT2D eigenvalue weighted by atomic mass is 19.1. The second kappa shape index (κ2) is 6.38. The van der Waals surface area contributed by atoms with Crippen molar-refractivity contribution in [2.24, 2.45) is 0 Å². The van der Waals surface area contributed by atoms with Crippen LogP contribution < -0.4 is 10.6 Å². The molecule has 1 atom stereocenters. The molecule has 2 N–H and O–H groups in total. The molecule has 0 aliphatic rings. The van der Waals surface area contributed by atoms with E-state index in [1.807, 2.05) is 32.9 Å². The van der Waals surface area contributed by atoms with Gasteiger partial charge in [-0.1, -0.05) is 26.8 Å². The van der Waals surface area contributed by atoms with Crippen molar-refractivity contribution in [2.75, 3.05) is 11.9 Å². The molecule has 108 valence electrons. The van der Waals surface area contributed by atoms with Crippen molar-refractivity contribution < 1.29 is 9.18 Å². The van der Waals surface area contributed by atoms with Crippen LogP contribution in [0.25, 0.3) is 0 Å². The van der Waals surface area contributed by atoms with Crippen molar-refractivity contribution >= 4 is 11.6 Å². The smallest absolute Gasteiger partial charge is 0.243 e. The fourth-order valence-electron chi connectivity index (χ4n) is 1.68. The van der Waals surface area contributed by atoms with Gasteiger partial charge in [0, 0.05) is 0 Å². The Bertz CT molecular complexity index is 529. The van der Waals surface area contributed by atoms with Crippen LogP contribution in [0.4, 0.5) is 10.1 Å². The van der Waals surface area contributed by atoms with E-state index in [4.69, 9.17) is 5.26 Å². The van der Waals surface area contributed by atoms with Crippen molar-refractivity contribution in [2.45, 2.75) is 39.2 Å². The van der Waals surface area contributed by atoms with E-state index in [1.165, 1.54) is 6.07 Å². The number of amides is 1. The summed E-state index contributed by atoms with van der Waals surface area (Å²) in [6.07, 6.45) is 0. The minimum absolute atomic E-state index is 0.0592. The Kier molecular flexibility index (Phi) is 5.09. The maximum absolute atomic E-state index is 14.0. The molecule has 0 saturated carbocycles. The van der Waals surface area contributed by atoms with Gasteiger partial charge in [-0.25, -0.2) is 4.39 Å². The lowest BCUT2D eigenvalue weighted by atomic mass is 9.87. The first-order chi connectivity index (χ1) is 9.25. The molecule has 1 unspecified atom stereocenters. The average molecular weight is 277 g/mol. The van der Waals surface area contributed by atoms with Gasteiger partial charge < -0.3 is 10.6 Å². The predicted molar refractivity (Wildman–Crippen MR) is 76.8 cm³/mol. The molecule has 0 radical (unpaired) electrons. The lowest BCUT2D eigenvalue weighted by Crippen LogP contribution is -2.37. The van der Waals surface area contributed by atoms with Crippen LogP contribution in [-0.2, 0) is 10.2 Å². The Morgan fingerprint density at radius 3 is 2.60 bits per heavy atom. The molecule has 1 amide bonds. The van der Waals surface area contributed by atoms with Crippen LogP contribution >= 0.6 is 0 Å². The molecule has 0 spiro atoms. The molecule has 0 saturated heterocycles. The number of anilines is 1. The summed E-state index contributed by atoms with van der Waals surface area (Å²) in [5.41, 5.74) is 1.04. The summed E-state index contributed by atoms with van der Waals surface area (Å²) in [6.45, 7) is 7.58. The van der Waals surface area contributed by atoms with Gasteiger partial charge in [0.1, 0.15) is 18.4 Å². The Balaban J connectivity index is 2.79. The third kappa shape index (κ3) is 4.23. The van der Waals surface area contributed by atoms with Gasteiger partial charge in [-0.15, -0.1) is 0 Å². The Morgan fingerprint density at radius 1 is 1.45 bits per heavy atom. The summed E-state index contributed by atoms with van der Waals surface area (Å²) < 4.78 is 14.0. The number of hydrogen-bond acceptors (Lipinski definition) is 3. The first kappa shape index (κ1) is 16.0. The van der Waals surface area contributed by atoms with E-state index in [9.17, 15) is 9.18 Å². The van der Waals surface area contributed by atoms with Gasteiger partial charge in [-0.05, 0) is 30.0 Å². The number of rotatable bonds is 4. The molecule has 0 aromatic heterocycles. The first-order valence-corrected chi connectivity index (χ1v) is 6.47. The highest BCUT2D eigenvalue weighted by Gasteiger charge is 2.18. The first-order valence-electron chi connectivity index (χ1n) is 6.47. The number of halogens is 1. The summed E-state index contributed by atoms with van der Waals surface area (Å²) in [4.78, 5) is 11.6. The van der Waals surface area contributed by atoms with Crippen LogP contribution in [-0.4, -0.2) is 18.5 Å². The molecule has 20 heavy (non-hydrogen) atoms. The molecule has 0 aliphatic carbocycles. The Hall–Kier alpha value is -2.09. The second-order valence-corrected chi connectivity index (χ2v) is 5.69. The quantitative estimate of drug-likeness (QED) is 0.831. The largest absolute Gasteiger partial charge is 0.372 e. The van der Waals surface area contributed by atoms with Crippen molar-refractivity contribution in [1.29, 1.82) is 5.26 Å². The topological polar surface area (TPSA) is 64.9 Å². The zero-order valence-corrected chi connectivity index (χ0v) is 12.2. The fraction of sp³-hybridized carbons (Fsp3) is 0.467. The minimum atomic E-state index is -0.613. The number of hydrogen-bond donors (Lipinski definition) is 2. The van der Waals surface area contributed by atoms with Crippen LogP contribution in [0.15, 0.2) is 18.2 Å². The molecule has 1 aromatic carbocycles. The van der Waals surface area contributed by atoms with Crippen molar-refractivity contribution in [3.63, 3.8) is 0 Å². The van der Waals surface area contributed by atoms with E-state index in [-0.39, 0.29) is 23.6 Å². The normalized spacial score (nSPS) is 12.4. The number of carbonyl (C=O) groups excluding carboxylic acids is 1. The SMILES string of the molecule is CC(Nc1ccc(C(C)(C)C)cc1F)C(=O)NCC#N. The lowest BCUT2D eigenvalue weighted by Gasteiger charge is -2.21. The summed E-state index contributed by atoms with van der Waals surface area (Å²) >= 11 is 0. The minimum Gasteiger partial charge on any atom is -0.372 e. The average Bonchev–Trinajstić information content (AvgIpc) is 2.36. The Labute approximate surface area is 119 Å². The second-order valence-electron chi connectivity index (χ2n) is 5.69. The van der Waals surface area contributed by atoms with E-state index in [0.717, 1.165) is 5.56 Å². The van der Waals surface area contributed by atoms with Crippen molar-refractivity contribution in [3.8, 4) is 6.07 Å². The standard InChI is InChI=1S/C15H20FN3O/c1-10(14(20)18-8-7-17)19-13-6-5-11(9-12(13)16)15(2,3)4/h5-6,9-10,19H,8H2,1-4H3,(H,18,20). The molecule has 0 fully saturated rings. The lowest BCUT2D eigenvalue weighted by molar-refractivity contribution is -0.121. The molecular weight excluding hydrogens is 257 g/mol. The van der Waals surface area contributed by atoms with Crippen LogP contribution in [0.2, 0.25) is 0 Å². The van der Waals surface area contributed by atoms with Crippen LogP contribution in [0.1, 0.15) is 33.3 Å². The van der Waals surface area contributed by atoms with E-state index >= 15 is 0 Å². The molecule has 4 nitrogen and oxygen atoms in total. The maximum atomic E-state index is 14.0. The molecule has 5 heteroatoms. The van der Waals surface area contributed by atoms with Gasteiger partial charge in [-0.2, -0.15) is 5.26 Å². The van der Waals surface area contributed by atoms with E-state index < -0.39 is 11.9 Å². The fourth-order valence-corrected chi connectivity index (χ4v) is 1.68. The number of carbonyl (C=O) groups is 1. The molecule has 0 bridgehead atoms. The number of nitriles is 1. The third-order valence-electron chi connectivity index (χ3n) is 2.94. The summed E-state index contributed by atoms with van der Waals surface area (Å²) in [5.74, 6) is -0.733. The third-order valence-corrected chi connectivity index (χ3v) is 2.94. The summed E-state index contributed by atoms with van der Waals surface area (Å²) in [6, 6.07) is 6.15. The number of nitrogens with zero attached hydrogens (tertiary/aromatic N) is 1. The number of benzene rings is 1. The zero-order chi connectivity index (χ0) is 15.3. The van der Waals surface area contributed by atoms with Gasteiger partial charge in [-0.3, -0.25) is 4.79 Å². The summed E-state index contributed by atoms with van der Waals surface area (Å²) in [5, 5.41) is 13.6. The Morgan fingerprint density at radius 2 is 2.10 bits per heavy atom. The zero-order valence-electron chi connectivity index (χ0n) is 12.2. The van der Waals surface area contributed by atoms with Gasteiger partial charge in [0.15, 0.2) is 0 Å². The molecule has 1 aromatic rings. The van der Waals surface area contributed by atoms with E-state index in [2.05, 4.69) is 10.6 Å². The van der Waals surface area contributed by atoms with Crippen LogP contribution in [0.3, 0.4) is 0 Å². The number of nitrogens with one attached hydrogen (secondary N) is 2. The monoisotopic (exact) mass is 277 g/mol. The van der Waals surface area contributed by atoms with Gasteiger partial charge in [0.2, 0.25) is 5.91 Å². The molecule has 0 aliphatic heterocycles. The van der Waals surface area contributed by atoms with Gasteiger partial charge in [0.05, 0.1) is 11.8 Å². The molecule has 1 rings (SSSR count). The molecular formula is C15H20FN3O. The van der Waals surface area contributed by atoms with Crippen LogP contribution in [0.5, 0.6) is 0 Å².